The van der Waals surface area contributed by atoms with Crippen molar-refractivity contribution >= 4 is 76.9 Å². The second kappa shape index (κ2) is 20.7. The number of aromatic amines is 1. The molecule has 2 saturated heterocycles. The molecule has 58 heavy (non-hydrogen) atoms. The number of nitrogens with zero attached hydrogens (tertiary/aromatic N) is 5. The van der Waals surface area contributed by atoms with Gasteiger partial charge >= 0.3 is 106 Å². The zero-order valence-corrected chi connectivity index (χ0v) is 37.0. The summed E-state index contributed by atoms with van der Waals surface area (Å²) in [7, 11) is 1.32. The minimum absolute atomic E-state index is 0. The van der Waals surface area contributed by atoms with Gasteiger partial charge in [0.1, 0.15) is 35.8 Å². The number of urea groups is 1. The van der Waals surface area contributed by atoms with Gasteiger partial charge in [0.25, 0.3) is 5.91 Å². The van der Waals surface area contributed by atoms with Crippen LogP contribution in [0.25, 0.3) is 0 Å². The number of carboxylic acid groups (broad SMARTS) is 2. The van der Waals surface area contributed by atoms with Gasteiger partial charge in [0.2, 0.25) is 5.91 Å². The van der Waals surface area contributed by atoms with Gasteiger partial charge in [0, 0.05) is 43.9 Å². The van der Waals surface area contributed by atoms with Crippen LogP contribution < -0.4 is 91.9 Å². The molecule has 0 saturated carbocycles. The zero-order valence-electron chi connectivity index (χ0n) is 33.4. The van der Waals surface area contributed by atoms with Gasteiger partial charge in [-0.2, -0.15) is 0 Å². The number of fused-ring (bicyclic) bond motifs is 1. The number of carboxylic acids is 2. The Hall–Kier alpha value is -4.21. The minimum Gasteiger partial charge on any atom is -1.00 e. The number of benzene rings is 1. The van der Waals surface area contributed by atoms with Crippen molar-refractivity contribution in [1.29, 1.82) is 0 Å². The summed E-state index contributed by atoms with van der Waals surface area (Å²) < 4.78 is 5.78. The number of likely N-dealkylation sites (N-methyl/N-ethyl adjacent to an activating group) is 1. The Kier molecular flexibility index (Phi) is 17.2. The van der Waals surface area contributed by atoms with Gasteiger partial charge < -0.3 is 39.1 Å². The van der Waals surface area contributed by atoms with Gasteiger partial charge in [-0.15, -0.1) is 16.9 Å². The van der Waals surface area contributed by atoms with E-state index in [1.165, 1.54) is 36.2 Å². The molecule has 3 aliphatic rings. The van der Waals surface area contributed by atoms with Gasteiger partial charge in [-0.25, -0.2) is 19.5 Å². The van der Waals surface area contributed by atoms with Crippen LogP contribution in [0.4, 0.5) is 15.3 Å². The van der Waals surface area contributed by atoms with E-state index in [1.807, 2.05) is 0 Å². The number of piperazine rings is 1. The molecule has 23 nitrogen and oxygen atoms in total. The van der Waals surface area contributed by atoms with Gasteiger partial charge in [0.05, 0.1) is 0 Å². The fourth-order valence-corrected chi connectivity index (χ4v) is 8.00. The molecule has 2 fully saturated rings. The van der Waals surface area contributed by atoms with E-state index in [1.54, 1.807) is 6.92 Å². The molecule has 1 aromatic carbocycles. The van der Waals surface area contributed by atoms with Crippen LogP contribution in [0.3, 0.4) is 0 Å². The Morgan fingerprint density at radius 2 is 1.74 bits per heavy atom. The number of amides is 7. The third-order valence-corrected chi connectivity index (χ3v) is 11.1. The zero-order chi connectivity index (χ0) is 41.0. The largest absolute Gasteiger partial charge is 1.00 e. The predicted molar refractivity (Wildman–Crippen MR) is 195 cm³/mol. The molecular weight excluding hydrogens is 831 g/mol. The second-order valence-electron chi connectivity index (χ2n) is 12.2. The van der Waals surface area contributed by atoms with Crippen molar-refractivity contribution in [2.75, 3.05) is 43.1 Å². The molecule has 302 valence electrons. The normalized spacial score (nSPS) is 18.4. The van der Waals surface area contributed by atoms with Crippen LogP contribution in [-0.2, 0) is 40.6 Å². The number of aromatic nitrogens is 3. The minimum atomic E-state index is -1.60. The van der Waals surface area contributed by atoms with Crippen LogP contribution in [0.1, 0.15) is 21.4 Å². The standard InChI is InChI=1S/C31H34N10O13S2.2Na.2H/c1-3-39-8-9-40(25(47)24(39)46)29(52)35-17(13-4-6-15(7-5-13)33-31(53)54-10-16(32)27(48)49)20(42)34-18-22(44)41-19(28(50)51)14(11-55-26(18)41)12-56-30-37-36-21(43)23(45)38(30)2;;;;/h4-7,16-18,26H,3,8-12,32H2,1-2H3,(H,33,53)(H,34,42)(H,35,52)(H,36,43)(H,48,49)(H,50,51);;;;/q;2*+1;2*-1/t16-,17-,18-,26-;;;;/m1..../s1. The summed E-state index contributed by atoms with van der Waals surface area (Å²) in [5, 5.41) is 31.3. The van der Waals surface area contributed by atoms with Crippen molar-refractivity contribution in [3.05, 3.63) is 61.8 Å². The maximum Gasteiger partial charge on any atom is 1.00 e. The van der Waals surface area contributed by atoms with E-state index >= 15 is 0 Å². The first-order valence-corrected chi connectivity index (χ1v) is 18.5. The number of hydrogen-bond donors (Lipinski definition) is 7. The number of anilines is 1. The summed E-state index contributed by atoms with van der Waals surface area (Å²) in [6, 6.07) is -0.163. The maximum absolute atomic E-state index is 13.9. The number of imide groups is 1. The molecule has 2 aromatic rings. The van der Waals surface area contributed by atoms with E-state index in [0.29, 0.717) is 10.5 Å². The van der Waals surface area contributed by atoms with E-state index in [-0.39, 0.29) is 115 Å². The molecule has 0 spiro atoms. The maximum atomic E-state index is 13.9. The van der Waals surface area contributed by atoms with Gasteiger partial charge in [-0.3, -0.25) is 53.2 Å². The predicted octanol–water partition coefficient (Wildman–Crippen LogP) is -8.37. The van der Waals surface area contributed by atoms with E-state index in [2.05, 4.69) is 26.1 Å². The van der Waals surface area contributed by atoms with Gasteiger partial charge in [0.15, 0.2) is 5.16 Å². The van der Waals surface area contributed by atoms with Crippen molar-refractivity contribution in [2.24, 2.45) is 12.8 Å². The Balaban J connectivity index is 0.00000450. The number of carbonyl (C=O) groups is 8. The number of rotatable bonds is 13. The fourth-order valence-electron chi connectivity index (χ4n) is 5.59. The summed E-state index contributed by atoms with van der Waals surface area (Å²) in [6.07, 6.45) is -1.04. The quantitative estimate of drug-likeness (QED) is 0.0426. The number of aliphatic carboxylic acids is 2. The SMILES string of the molecule is CCN1CCN(C(=O)N[C@@H](C(=O)N[C@@H]2C(=O)N3C(C(=O)O)=C(CSc4n[nH]c(=O)c(=O)n4C)CS[C@H]23)c2ccc(NC(=O)OC[C@@H](N)C(=O)O)cc2)C(=O)C1=O.[H-].[H-].[Na+].[Na+]. The van der Waals surface area contributed by atoms with Crippen LogP contribution in [0.5, 0.6) is 0 Å². The Bertz CT molecular complexity index is 2160. The number of carbonyl (C=O) groups excluding carboxylic acids is 6. The number of β-lactam (4-membered cyclic amide) rings is 1. The average molecular weight is 867 g/mol. The molecule has 0 aliphatic carbocycles. The molecule has 5 rings (SSSR count). The molecule has 3 aliphatic heterocycles. The second-order valence-corrected chi connectivity index (χ2v) is 14.2. The van der Waals surface area contributed by atoms with E-state index in [4.69, 9.17) is 15.6 Å². The molecule has 7 amide bonds. The number of ether oxygens (including phenoxy) is 1. The number of thioether (sulfide) groups is 2. The van der Waals surface area contributed by atoms with Crippen LogP contribution in [0.15, 0.2) is 50.3 Å². The number of hydrogen-bond acceptors (Lipinski definition) is 15. The third-order valence-electron chi connectivity index (χ3n) is 8.63. The summed E-state index contributed by atoms with van der Waals surface area (Å²) in [6.45, 7) is 1.12. The van der Waals surface area contributed by atoms with Crippen molar-refractivity contribution in [2.45, 2.75) is 35.6 Å². The summed E-state index contributed by atoms with van der Waals surface area (Å²) in [5.41, 5.74) is 3.70. The monoisotopic (exact) mass is 866 g/mol. The van der Waals surface area contributed by atoms with Crippen molar-refractivity contribution in [3.63, 3.8) is 0 Å². The van der Waals surface area contributed by atoms with Gasteiger partial charge in [-0.1, -0.05) is 23.9 Å². The van der Waals surface area contributed by atoms with Crippen LogP contribution in [0.2, 0.25) is 0 Å². The molecule has 0 unspecified atom stereocenters. The number of nitrogens with two attached hydrogens (primary N) is 1. The van der Waals surface area contributed by atoms with Crippen molar-refractivity contribution in [1.82, 2.24) is 40.1 Å². The first-order chi connectivity index (χ1) is 26.5. The van der Waals surface area contributed by atoms with E-state index in [9.17, 15) is 53.1 Å². The fraction of sp³-hybridized carbons (Fsp3) is 0.387. The number of nitrogens with one attached hydrogen (secondary N) is 4. The third kappa shape index (κ3) is 10.5. The van der Waals surface area contributed by atoms with Crippen LogP contribution in [0, 0.1) is 0 Å². The molecule has 0 bridgehead atoms. The van der Waals surface area contributed by atoms with Crippen LogP contribution >= 0.6 is 23.5 Å². The van der Waals surface area contributed by atoms with Crippen LogP contribution in [-0.4, -0.2) is 143 Å². The Morgan fingerprint density at radius 3 is 2.36 bits per heavy atom. The smallest absolute Gasteiger partial charge is 1.00 e. The average Bonchev–Trinajstić information content (AvgIpc) is 3.17. The molecule has 27 heteroatoms. The Labute approximate surface area is 382 Å². The molecule has 0 radical (unpaired) electrons. The first kappa shape index (κ1) is 48.2. The Morgan fingerprint density at radius 1 is 1.07 bits per heavy atom. The summed E-state index contributed by atoms with van der Waals surface area (Å²) in [5.74, 6) is -6.53. The van der Waals surface area contributed by atoms with Crippen molar-refractivity contribution in [3.8, 4) is 0 Å². The molecule has 4 atom stereocenters. The van der Waals surface area contributed by atoms with Crippen molar-refractivity contribution < 1.29 is 115 Å². The van der Waals surface area contributed by atoms with E-state index < -0.39 is 88.9 Å². The number of H-pyrrole nitrogens is 1. The molecule has 8 N–H and O–H groups in total. The van der Waals surface area contributed by atoms with Gasteiger partial charge in [-0.05, 0) is 30.2 Å². The molecular formula is C31H36N10Na2O13S2. The first-order valence-electron chi connectivity index (χ1n) is 16.5. The summed E-state index contributed by atoms with van der Waals surface area (Å²) >= 11 is 2.09. The summed E-state index contributed by atoms with van der Waals surface area (Å²) in [4.78, 5) is 128. The molecule has 4 heterocycles. The van der Waals surface area contributed by atoms with E-state index in [0.717, 1.165) is 33.0 Å². The molecule has 1 aromatic heterocycles. The topological polar surface area (TPSA) is 326 Å².